The first-order chi connectivity index (χ1) is 8.32. The van der Waals surface area contributed by atoms with Gasteiger partial charge < -0.3 is 10.1 Å². The summed E-state index contributed by atoms with van der Waals surface area (Å²) in [6.07, 6.45) is -0.839. The predicted molar refractivity (Wildman–Crippen MR) is 64.2 cm³/mol. The zero-order valence-electron chi connectivity index (χ0n) is 11.3. The lowest BCUT2D eigenvalue weighted by Gasteiger charge is -2.23. The molecule has 0 fully saturated rings. The maximum atomic E-state index is 11.6. The number of hydroxylamine groups is 2. The van der Waals surface area contributed by atoms with Crippen LogP contribution in [-0.4, -0.2) is 48.7 Å². The maximum absolute atomic E-state index is 11.6. The first kappa shape index (κ1) is 17.6. The van der Waals surface area contributed by atoms with Gasteiger partial charge in [-0.15, -0.1) is 4.28 Å². The smallest absolute Gasteiger partial charge is 0.418 e. The summed E-state index contributed by atoms with van der Waals surface area (Å²) in [5.74, 6) is -0.886. The van der Waals surface area contributed by atoms with Crippen LogP contribution in [0.5, 0.6) is 0 Å². The molecule has 1 atom stereocenters. The lowest BCUT2D eigenvalue weighted by atomic mass is 10.2. The Labute approximate surface area is 111 Å². The van der Waals surface area contributed by atoms with Crippen LogP contribution >= 0.6 is 0 Å². The largest absolute Gasteiger partial charge is 0.444 e. The molecule has 0 aromatic carbocycles. The monoisotopic (exact) mass is 298 g/mol. The summed E-state index contributed by atoms with van der Waals surface area (Å²) in [7, 11) is -3.82. The highest BCUT2D eigenvalue weighted by molar-refractivity contribution is 7.80. The third-order valence-corrected chi connectivity index (χ3v) is 2.03. The third kappa shape index (κ3) is 8.35. The van der Waals surface area contributed by atoms with Gasteiger partial charge in [0.1, 0.15) is 11.6 Å². The number of rotatable bonds is 4. The number of amides is 2. The van der Waals surface area contributed by atoms with Gasteiger partial charge >= 0.3 is 16.5 Å². The van der Waals surface area contributed by atoms with Crippen molar-refractivity contribution in [3.63, 3.8) is 0 Å². The SMILES string of the molecule is C[C@H](NC(=O)OC(C)(C)C)C(=O)N(C)OS(=O)(=O)O. The Morgan fingerprint density at radius 3 is 2.16 bits per heavy atom. The van der Waals surface area contributed by atoms with E-state index < -0.39 is 34.0 Å². The van der Waals surface area contributed by atoms with Crippen molar-refractivity contribution >= 4 is 22.4 Å². The summed E-state index contributed by atoms with van der Waals surface area (Å²) in [5.41, 5.74) is -0.732. The summed E-state index contributed by atoms with van der Waals surface area (Å²) in [6.45, 7) is 6.24. The van der Waals surface area contributed by atoms with E-state index in [0.29, 0.717) is 0 Å². The van der Waals surface area contributed by atoms with E-state index in [1.165, 1.54) is 6.92 Å². The molecule has 0 rings (SSSR count). The Kier molecular flexibility index (Phi) is 5.72. The van der Waals surface area contributed by atoms with Crippen molar-refractivity contribution in [2.45, 2.75) is 39.3 Å². The van der Waals surface area contributed by atoms with Gasteiger partial charge in [-0.2, -0.15) is 8.42 Å². The number of nitrogens with one attached hydrogen (secondary N) is 1. The van der Waals surface area contributed by atoms with Gasteiger partial charge in [0.2, 0.25) is 0 Å². The van der Waals surface area contributed by atoms with Crippen molar-refractivity contribution in [1.29, 1.82) is 0 Å². The van der Waals surface area contributed by atoms with Crippen molar-refractivity contribution in [2.24, 2.45) is 0 Å². The fourth-order valence-corrected chi connectivity index (χ4v) is 1.35. The highest BCUT2D eigenvalue weighted by Crippen LogP contribution is 2.07. The molecule has 10 heteroatoms. The summed E-state index contributed by atoms with van der Waals surface area (Å²) < 4.78 is 38.0. The molecule has 0 aliphatic heterocycles. The highest BCUT2D eigenvalue weighted by atomic mass is 32.3. The van der Waals surface area contributed by atoms with Crippen LogP contribution in [0.4, 0.5) is 4.79 Å². The molecule has 9 nitrogen and oxygen atoms in total. The normalized spacial score (nSPS) is 13.6. The quantitative estimate of drug-likeness (QED) is 0.557. The second kappa shape index (κ2) is 6.17. The minimum absolute atomic E-state index is 0.289. The van der Waals surface area contributed by atoms with Crippen LogP contribution in [0.2, 0.25) is 0 Å². The third-order valence-electron chi connectivity index (χ3n) is 1.62. The number of carbonyl (C=O) groups is 2. The number of alkyl carbamates (subject to hydrolysis) is 1. The Balaban J connectivity index is 4.47. The number of carbonyl (C=O) groups excluding carboxylic acids is 2. The van der Waals surface area contributed by atoms with Crippen LogP contribution in [0.3, 0.4) is 0 Å². The Bertz CT molecular complexity index is 440. The number of hydrogen-bond acceptors (Lipinski definition) is 6. The van der Waals surface area contributed by atoms with Crippen molar-refractivity contribution < 1.29 is 31.6 Å². The van der Waals surface area contributed by atoms with E-state index in [1.54, 1.807) is 20.8 Å². The van der Waals surface area contributed by atoms with Gasteiger partial charge in [-0.3, -0.25) is 9.35 Å². The second-order valence-corrected chi connectivity index (χ2v) is 5.71. The van der Waals surface area contributed by atoms with Gasteiger partial charge in [0, 0.05) is 7.05 Å². The number of ether oxygens (including phenoxy) is 1. The van der Waals surface area contributed by atoms with E-state index in [0.717, 1.165) is 7.05 Å². The first-order valence-corrected chi connectivity index (χ1v) is 6.62. The van der Waals surface area contributed by atoms with Crippen molar-refractivity contribution in [3.05, 3.63) is 0 Å². The summed E-state index contributed by atoms with van der Waals surface area (Å²) in [6, 6.07) is -1.10. The van der Waals surface area contributed by atoms with E-state index >= 15 is 0 Å². The van der Waals surface area contributed by atoms with Gasteiger partial charge in [-0.1, -0.05) is 0 Å². The maximum Gasteiger partial charge on any atom is 0.418 e. The lowest BCUT2D eigenvalue weighted by Crippen LogP contribution is -2.47. The van der Waals surface area contributed by atoms with E-state index in [2.05, 4.69) is 9.60 Å². The molecule has 0 heterocycles. The zero-order chi connectivity index (χ0) is 15.4. The molecule has 2 amide bonds. The van der Waals surface area contributed by atoms with Crippen LogP contribution in [0.1, 0.15) is 27.7 Å². The molecule has 0 saturated heterocycles. The molecular weight excluding hydrogens is 280 g/mol. The molecular formula is C9H18N2O7S. The Hall–Kier alpha value is -1.39. The molecule has 0 unspecified atom stereocenters. The highest BCUT2D eigenvalue weighted by Gasteiger charge is 2.25. The van der Waals surface area contributed by atoms with Crippen molar-refractivity contribution in [2.75, 3.05) is 7.05 Å². The van der Waals surface area contributed by atoms with Crippen LogP contribution in [0, 0.1) is 0 Å². The van der Waals surface area contributed by atoms with Crippen LogP contribution in [0.25, 0.3) is 0 Å². The van der Waals surface area contributed by atoms with Gasteiger partial charge in [-0.25, -0.2) is 9.86 Å². The lowest BCUT2D eigenvalue weighted by molar-refractivity contribution is -0.154. The zero-order valence-corrected chi connectivity index (χ0v) is 12.1. The van der Waals surface area contributed by atoms with Gasteiger partial charge in [-0.05, 0) is 27.7 Å². The molecule has 0 radical (unpaired) electrons. The average molecular weight is 298 g/mol. The fourth-order valence-electron chi connectivity index (χ4n) is 0.997. The number of likely N-dealkylation sites (N-methyl/N-ethyl adjacent to an activating group) is 1. The Morgan fingerprint density at radius 1 is 1.32 bits per heavy atom. The minimum Gasteiger partial charge on any atom is -0.444 e. The van der Waals surface area contributed by atoms with Crippen LogP contribution in [0.15, 0.2) is 0 Å². The van der Waals surface area contributed by atoms with Gasteiger partial charge in [0.05, 0.1) is 0 Å². The summed E-state index contributed by atoms with van der Waals surface area (Å²) >= 11 is 0. The molecule has 0 aliphatic rings. The molecule has 0 aliphatic carbocycles. The van der Waals surface area contributed by atoms with E-state index in [4.69, 9.17) is 9.29 Å². The Morgan fingerprint density at radius 2 is 1.79 bits per heavy atom. The topological polar surface area (TPSA) is 122 Å². The first-order valence-electron chi connectivity index (χ1n) is 5.26. The predicted octanol–water partition coefficient (Wildman–Crippen LogP) is 0.0924. The van der Waals surface area contributed by atoms with Gasteiger partial charge in [0.15, 0.2) is 0 Å². The van der Waals surface area contributed by atoms with Crippen molar-refractivity contribution in [3.8, 4) is 0 Å². The molecule has 0 aromatic heterocycles. The molecule has 19 heavy (non-hydrogen) atoms. The second-order valence-electron chi connectivity index (χ2n) is 4.71. The standard InChI is InChI=1S/C9H18N2O7S/c1-6(10-8(13)17-9(2,3)4)7(12)11(5)18-19(14,15)16/h6H,1-5H3,(H,10,13)(H,14,15,16)/t6-/m0/s1. The minimum atomic E-state index is -4.80. The van der Waals surface area contributed by atoms with Crippen LogP contribution < -0.4 is 5.32 Å². The average Bonchev–Trinajstić information content (AvgIpc) is 2.10. The van der Waals surface area contributed by atoms with Gasteiger partial charge in [0.25, 0.3) is 5.91 Å². The summed E-state index contributed by atoms with van der Waals surface area (Å²) in [5, 5.41) is 2.48. The number of hydrogen-bond donors (Lipinski definition) is 2. The van der Waals surface area contributed by atoms with E-state index in [-0.39, 0.29) is 5.06 Å². The number of nitrogens with zero attached hydrogens (tertiary/aromatic N) is 1. The van der Waals surface area contributed by atoms with E-state index in [1.807, 2.05) is 0 Å². The molecule has 112 valence electrons. The molecule has 0 bridgehead atoms. The summed E-state index contributed by atoms with van der Waals surface area (Å²) in [4.78, 5) is 22.9. The van der Waals surface area contributed by atoms with Crippen molar-refractivity contribution in [1.82, 2.24) is 10.4 Å². The molecule has 2 N–H and O–H groups in total. The fraction of sp³-hybridized carbons (Fsp3) is 0.778. The van der Waals surface area contributed by atoms with E-state index in [9.17, 15) is 18.0 Å². The molecule has 0 saturated carbocycles. The molecule has 0 spiro atoms. The van der Waals surface area contributed by atoms with Crippen LogP contribution in [-0.2, 0) is 24.2 Å². The molecule has 0 aromatic rings.